The number of cyclic esters (lactones) is 2. The maximum Gasteiger partial charge on any atom is 0.322 e. The molecule has 1 aliphatic heterocycles. The Kier molecular flexibility index (Phi) is 3.44. The number of rotatable bonds is 2. The molecule has 102 valence electrons. The molecule has 19 heavy (non-hydrogen) atoms. The molecule has 0 amide bonds. The summed E-state index contributed by atoms with van der Waals surface area (Å²) < 4.78 is 4.93. The zero-order chi connectivity index (χ0) is 13.4. The molecule has 0 aromatic carbocycles. The van der Waals surface area contributed by atoms with Crippen molar-refractivity contribution >= 4 is 23.3 Å². The monoisotopic (exact) mass is 278 g/mol. The molecule has 2 heterocycles. The second-order valence-electron chi connectivity index (χ2n) is 5.59. The summed E-state index contributed by atoms with van der Waals surface area (Å²) in [6.45, 7) is 2.02. The zero-order valence-electron chi connectivity index (χ0n) is 11.1. The van der Waals surface area contributed by atoms with Gasteiger partial charge in [0, 0.05) is 9.75 Å². The van der Waals surface area contributed by atoms with Crippen molar-refractivity contribution in [3.63, 3.8) is 0 Å². The minimum atomic E-state index is -0.353. The topological polar surface area (TPSA) is 43.4 Å². The number of ether oxygens (including phenoxy) is 1. The molecular weight excluding hydrogens is 260 g/mol. The highest BCUT2D eigenvalue weighted by atomic mass is 32.1. The number of aryl methyl sites for hydroxylation is 1. The first-order chi connectivity index (χ1) is 9.16. The number of esters is 2. The third-order valence-electron chi connectivity index (χ3n) is 4.31. The van der Waals surface area contributed by atoms with Gasteiger partial charge in [0.1, 0.15) is 5.92 Å². The fourth-order valence-electron chi connectivity index (χ4n) is 3.38. The van der Waals surface area contributed by atoms with Crippen LogP contribution >= 0.6 is 11.3 Å². The van der Waals surface area contributed by atoms with E-state index in [0.717, 1.165) is 17.7 Å². The normalized spacial score (nSPS) is 28.7. The highest BCUT2D eigenvalue weighted by Gasteiger charge is 2.49. The van der Waals surface area contributed by atoms with E-state index in [1.54, 1.807) is 11.3 Å². The van der Waals surface area contributed by atoms with Crippen LogP contribution in [0.2, 0.25) is 0 Å². The summed E-state index contributed by atoms with van der Waals surface area (Å²) in [6.07, 6.45) is 5.68. The van der Waals surface area contributed by atoms with Gasteiger partial charge in [0.05, 0.1) is 5.92 Å². The molecule has 1 aromatic rings. The molecule has 3 nitrogen and oxygen atoms in total. The lowest BCUT2D eigenvalue weighted by atomic mass is 9.75. The Morgan fingerprint density at radius 1 is 1.11 bits per heavy atom. The molecule has 2 fully saturated rings. The van der Waals surface area contributed by atoms with Crippen LogP contribution in [0.25, 0.3) is 0 Å². The summed E-state index contributed by atoms with van der Waals surface area (Å²) in [4.78, 5) is 26.2. The first-order valence-electron chi connectivity index (χ1n) is 6.98. The molecule has 4 heteroatoms. The van der Waals surface area contributed by atoms with Crippen molar-refractivity contribution in [1.82, 2.24) is 0 Å². The van der Waals surface area contributed by atoms with Crippen LogP contribution in [0.1, 0.15) is 47.8 Å². The van der Waals surface area contributed by atoms with Crippen molar-refractivity contribution in [3.05, 3.63) is 21.9 Å². The quantitative estimate of drug-likeness (QED) is 0.615. The molecule has 2 atom stereocenters. The van der Waals surface area contributed by atoms with E-state index in [2.05, 4.69) is 0 Å². The molecule has 2 unspecified atom stereocenters. The minimum absolute atomic E-state index is 0.245. The van der Waals surface area contributed by atoms with Crippen LogP contribution < -0.4 is 0 Å². The van der Waals surface area contributed by atoms with E-state index in [1.807, 2.05) is 19.1 Å². The third kappa shape index (κ3) is 2.34. The Bertz CT molecular complexity index is 499. The lowest BCUT2D eigenvalue weighted by Crippen LogP contribution is -2.26. The van der Waals surface area contributed by atoms with Crippen LogP contribution in [0.4, 0.5) is 0 Å². The predicted octanol–water partition coefficient (Wildman–Crippen LogP) is 3.42. The van der Waals surface area contributed by atoms with Crippen LogP contribution in [0, 0.1) is 18.8 Å². The molecule has 3 rings (SSSR count). The van der Waals surface area contributed by atoms with Crippen LogP contribution in [0.15, 0.2) is 12.1 Å². The Morgan fingerprint density at radius 3 is 2.47 bits per heavy atom. The average Bonchev–Trinajstić information content (AvgIpc) is 2.94. The molecule has 1 aliphatic carbocycles. The van der Waals surface area contributed by atoms with Gasteiger partial charge in [-0.05, 0) is 37.8 Å². The first-order valence-corrected chi connectivity index (χ1v) is 7.80. The largest absolute Gasteiger partial charge is 0.392 e. The van der Waals surface area contributed by atoms with Gasteiger partial charge >= 0.3 is 11.9 Å². The van der Waals surface area contributed by atoms with Gasteiger partial charge in [0.25, 0.3) is 0 Å². The van der Waals surface area contributed by atoms with E-state index >= 15 is 0 Å². The molecular formula is C15H18O3S. The van der Waals surface area contributed by atoms with E-state index < -0.39 is 0 Å². The van der Waals surface area contributed by atoms with Gasteiger partial charge in [0.2, 0.25) is 0 Å². The molecule has 0 radical (unpaired) electrons. The minimum Gasteiger partial charge on any atom is -0.392 e. The van der Waals surface area contributed by atoms with Crippen LogP contribution in [-0.4, -0.2) is 11.9 Å². The summed E-state index contributed by atoms with van der Waals surface area (Å²) in [5, 5.41) is 0. The zero-order valence-corrected chi connectivity index (χ0v) is 11.9. The number of carbonyl (C=O) groups excluding carboxylic acids is 2. The second kappa shape index (κ2) is 5.08. The third-order valence-corrected chi connectivity index (χ3v) is 5.40. The summed E-state index contributed by atoms with van der Waals surface area (Å²) in [7, 11) is 0. The second-order valence-corrected chi connectivity index (χ2v) is 6.91. The van der Waals surface area contributed by atoms with Gasteiger partial charge in [-0.3, -0.25) is 9.59 Å². The molecule has 1 saturated heterocycles. The standard InChI is InChI=1S/C15H18O3S/c1-9-7-8-11(19-9)13-12(14(16)18-15(13)17)10-5-3-2-4-6-10/h7-8,10,12-13H,2-6H2,1H3. The Labute approximate surface area is 117 Å². The van der Waals surface area contributed by atoms with Gasteiger partial charge in [-0.1, -0.05) is 19.3 Å². The lowest BCUT2D eigenvalue weighted by molar-refractivity contribution is -0.153. The van der Waals surface area contributed by atoms with Crippen molar-refractivity contribution < 1.29 is 14.3 Å². The SMILES string of the molecule is Cc1ccc(C2C(=O)OC(=O)C2C2CCCCC2)s1. The summed E-state index contributed by atoms with van der Waals surface area (Å²) in [6, 6.07) is 3.98. The van der Waals surface area contributed by atoms with Crippen molar-refractivity contribution in [3.8, 4) is 0 Å². The summed E-state index contributed by atoms with van der Waals surface area (Å²) in [5.74, 6) is -0.921. The van der Waals surface area contributed by atoms with Crippen molar-refractivity contribution in [2.45, 2.75) is 44.9 Å². The number of hydrogen-bond acceptors (Lipinski definition) is 4. The van der Waals surface area contributed by atoms with E-state index in [0.29, 0.717) is 5.92 Å². The summed E-state index contributed by atoms with van der Waals surface area (Å²) in [5.41, 5.74) is 0. The van der Waals surface area contributed by atoms with E-state index in [1.165, 1.54) is 24.1 Å². The Balaban J connectivity index is 1.90. The number of hydrogen-bond donors (Lipinski definition) is 0. The first kappa shape index (κ1) is 12.9. The molecule has 1 aromatic heterocycles. The van der Waals surface area contributed by atoms with Gasteiger partial charge in [-0.15, -0.1) is 11.3 Å². The van der Waals surface area contributed by atoms with Gasteiger partial charge in [-0.2, -0.15) is 0 Å². The number of carbonyl (C=O) groups is 2. The summed E-state index contributed by atoms with van der Waals surface area (Å²) >= 11 is 1.61. The molecule has 2 aliphatic rings. The highest BCUT2D eigenvalue weighted by molar-refractivity contribution is 7.12. The predicted molar refractivity (Wildman–Crippen MR) is 73.0 cm³/mol. The molecule has 0 bridgehead atoms. The lowest BCUT2D eigenvalue weighted by Gasteiger charge is -2.27. The van der Waals surface area contributed by atoms with Crippen LogP contribution in [0.5, 0.6) is 0 Å². The molecule has 0 spiro atoms. The average molecular weight is 278 g/mol. The molecule has 0 N–H and O–H groups in total. The fourth-order valence-corrected chi connectivity index (χ4v) is 4.40. The maximum atomic E-state index is 12.0. The van der Waals surface area contributed by atoms with Crippen molar-refractivity contribution in [2.24, 2.45) is 11.8 Å². The smallest absolute Gasteiger partial charge is 0.322 e. The van der Waals surface area contributed by atoms with E-state index in [4.69, 9.17) is 4.74 Å². The maximum absolute atomic E-state index is 12.0. The number of thiophene rings is 1. The van der Waals surface area contributed by atoms with E-state index in [9.17, 15) is 9.59 Å². The van der Waals surface area contributed by atoms with Gasteiger partial charge < -0.3 is 4.74 Å². The van der Waals surface area contributed by atoms with Crippen molar-refractivity contribution in [1.29, 1.82) is 0 Å². The Hall–Kier alpha value is -1.16. The van der Waals surface area contributed by atoms with Crippen molar-refractivity contribution in [2.75, 3.05) is 0 Å². The van der Waals surface area contributed by atoms with Crippen LogP contribution in [0.3, 0.4) is 0 Å². The van der Waals surface area contributed by atoms with Crippen LogP contribution in [-0.2, 0) is 14.3 Å². The van der Waals surface area contributed by atoms with Gasteiger partial charge in [0.15, 0.2) is 0 Å². The van der Waals surface area contributed by atoms with Gasteiger partial charge in [-0.25, -0.2) is 0 Å². The fraction of sp³-hybridized carbons (Fsp3) is 0.600. The Morgan fingerprint density at radius 2 is 1.84 bits per heavy atom. The highest BCUT2D eigenvalue weighted by Crippen LogP contribution is 2.44. The molecule has 1 saturated carbocycles. The van der Waals surface area contributed by atoms with E-state index in [-0.39, 0.29) is 23.8 Å².